The van der Waals surface area contributed by atoms with Gasteiger partial charge in [0.15, 0.2) is 0 Å². The fourth-order valence-electron chi connectivity index (χ4n) is 3.30. The monoisotopic (exact) mass is 341 g/mol. The number of unbranched alkanes of at least 4 members (excludes halogenated alkanes) is 4. The van der Waals surface area contributed by atoms with E-state index in [2.05, 4.69) is 0 Å². The van der Waals surface area contributed by atoms with Crippen LogP contribution in [0, 0.1) is 5.41 Å². The van der Waals surface area contributed by atoms with E-state index in [4.69, 9.17) is 9.84 Å². The first-order chi connectivity index (χ1) is 11.2. The van der Waals surface area contributed by atoms with Crippen molar-refractivity contribution in [2.75, 3.05) is 19.7 Å². The maximum Gasteiger partial charge on any atom is 0.312 e. The molecule has 1 aliphatic rings. The Labute approximate surface area is 146 Å². The number of carbonyl (C=O) groups is 2. The van der Waals surface area contributed by atoms with Crippen molar-refractivity contribution in [3.63, 3.8) is 0 Å². The smallest absolute Gasteiger partial charge is 0.312 e. The van der Waals surface area contributed by atoms with Gasteiger partial charge in [-0.3, -0.25) is 9.59 Å². The molecule has 1 saturated heterocycles. The van der Waals surface area contributed by atoms with Crippen LogP contribution < -0.4 is 0 Å². The summed E-state index contributed by atoms with van der Waals surface area (Å²) in [6.07, 6.45) is 7.25. The number of piperidine rings is 1. The van der Waals surface area contributed by atoms with E-state index in [1.807, 2.05) is 25.7 Å². The van der Waals surface area contributed by atoms with E-state index in [9.17, 15) is 9.59 Å². The van der Waals surface area contributed by atoms with Crippen molar-refractivity contribution in [2.24, 2.45) is 5.41 Å². The molecule has 1 amide bonds. The van der Waals surface area contributed by atoms with Gasteiger partial charge in [0.2, 0.25) is 5.91 Å². The highest BCUT2D eigenvalue weighted by atomic mass is 16.6. The summed E-state index contributed by atoms with van der Waals surface area (Å²) in [5.41, 5.74) is -0.931. The van der Waals surface area contributed by atoms with Crippen LogP contribution >= 0.6 is 0 Å². The summed E-state index contributed by atoms with van der Waals surface area (Å²) >= 11 is 0. The summed E-state index contributed by atoms with van der Waals surface area (Å²) in [7, 11) is 0. The molecule has 5 heteroatoms. The second-order valence-corrected chi connectivity index (χ2v) is 8.03. The Morgan fingerprint density at radius 1 is 1.04 bits per heavy atom. The van der Waals surface area contributed by atoms with Gasteiger partial charge in [0.25, 0.3) is 0 Å². The lowest BCUT2D eigenvalue weighted by Gasteiger charge is -2.41. The van der Waals surface area contributed by atoms with Crippen molar-refractivity contribution in [3.8, 4) is 0 Å². The van der Waals surface area contributed by atoms with Gasteiger partial charge in [0.1, 0.15) is 5.60 Å². The molecule has 24 heavy (non-hydrogen) atoms. The number of aliphatic hydroxyl groups excluding tert-OH is 1. The molecule has 140 valence electrons. The molecule has 5 nitrogen and oxygen atoms in total. The number of rotatable bonds is 8. The second-order valence-electron chi connectivity index (χ2n) is 8.03. The van der Waals surface area contributed by atoms with Gasteiger partial charge >= 0.3 is 5.97 Å². The van der Waals surface area contributed by atoms with E-state index in [0.29, 0.717) is 25.9 Å². The Kier molecular flexibility index (Phi) is 8.20. The van der Waals surface area contributed by atoms with Crippen LogP contribution in [0.5, 0.6) is 0 Å². The summed E-state index contributed by atoms with van der Waals surface area (Å²) in [4.78, 5) is 26.2. The van der Waals surface area contributed by atoms with Crippen LogP contribution in [-0.2, 0) is 14.3 Å². The second kappa shape index (κ2) is 9.40. The lowest BCUT2D eigenvalue weighted by Crippen LogP contribution is -2.48. The first-order valence-electron chi connectivity index (χ1n) is 9.30. The molecule has 0 aromatic carbocycles. The number of aliphatic hydroxyl groups is 1. The van der Waals surface area contributed by atoms with Crippen molar-refractivity contribution in [1.29, 1.82) is 0 Å². The average molecular weight is 341 g/mol. The Balaban J connectivity index is 2.63. The molecule has 0 atom stereocenters. The number of amides is 1. The molecular weight excluding hydrogens is 306 g/mol. The molecule has 0 radical (unpaired) electrons. The normalized spacial score (nSPS) is 17.6. The minimum atomic E-state index is -0.483. The zero-order chi connectivity index (χ0) is 18.2. The van der Waals surface area contributed by atoms with Crippen LogP contribution in [-0.4, -0.2) is 47.2 Å². The predicted octanol–water partition coefficient (Wildman–Crippen LogP) is 3.29. The first kappa shape index (κ1) is 20.9. The third kappa shape index (κ3) is 6.80. The third-order valence-electron chi connectivity index (χ3n) is 4.81. The van der Waals surface area contributed by atoms with Crippen LogP contribution in [0.25, 0.3) is 0 Å². The highest BCUT2D eigenvalue weighted by Gasteiger charge is 2.43. The minimum Gasteiger partial charge on any atom is -0.460 e. The van der Waals surface area contributed by atoms with E-state index >= 15 is 0 Å². The molecule has 1 N–H and O–H groups in total. The topological polar surface area (TPSA) is 66.8 Å². The SMILES string of the molecule is CC(=O)N1CCC(CCCCCCCO)(C(=O)OC(C)(C)C)CC1. The third-order valence-corrected chi connectivity index (χ3v) is 4.81. The van der Waals surface area contributed by atoms with E-state index in [0.717, 1.165) is 38.5 Å². The standard InChI is InChI=1S/C19H35NO4/c1-16(22)20-13-11-19(12-14-20,17(23)24-18(2,3)4)10-8-6-5-7-9-15-21/h21H,5-15H2,1-4H3. The largest absolute Gasteiger partial charge is 0.460 e. The van der Waals surface area contributed by atoms with Gasteiger partial charge in [0.05, 0.1) is 5.41 Å². The van der Waals surface area contributed by atoms with Crippen molar-refractivity contribution < 1.29 is 19.4 Å². The first-order valence-corrected chi connectivity index (χ1v) is 9.30. The molecule has 1 aliphatic heterocycles. The Hall–Kier alpha value is -1.10. The number of likely N-dealkylation sites (tertiary alicyclic amines) is 1. The number of esters is 1. The number of hydrogen-bond acceptors (Lipinski definition) is 4. The molecule has 0 unspecified atom stereocenters. The number of ether oxygens (including phenoxy) is 1. The molecule has 0 aromatic heterocycles. The lowest BCUT2D eigenvalue weighted by molar-refractivity contribution is -0.172. The zero-order valence-electron chi connectivity index (χ0n) is 15.9. The highest BCUT2D eigenvalue weighted by Crippen LogP contribution is 2.39. The predicted molar refractivity (Wildman–Crippen MR) is 94.6 cm³/mol. The quantitative estimate of drug-likeness (QED) is 0.543. The Bertz CT molecular complexity index is 406. The molecule has 1 fully saturated rings. The van der Waals surface area contributed by atoms with Gasteiger partial charge in [-0.2, -0.15) is 0 Å². The fraction of sp³-hybridized carbons (Fsp3) is 0.895. The van der Waals surface area contributed by atoms with Crippen LogP contribution in [0.1, 0.15) is 79.1 Å². The van der Waals surface area contributed by atoms with Crippen molar-refractivity contribution >= 4 is 11.9 Å². The zero-order valence-corrected chi connectivity index (χ0v) is 15.9. The van der Waals surface area contributed by atoms with Crippen molar-refractivity contribution in [2.45, 2.75) is 84.7 Å². The summed E-state index contributed by atoms with van der Waals surface area (Å²) in [6, 6.07) is 0. The maximum atomic E-state index is 12.8. The van der Waals surface area contributed by atoms with Gasteiger partial charge < -0.3 is 14.7 Å². The number of nitrogens with zero attached hydrogens (tertiary/aromatic N) is 1. The average Bonchev–Trinajstić information content (AvgIpc) is 2.49. The molecule has 0 aliphatic carbocycles. The summed E-state index contributed by atoms with van der Waals surface area (Å²) in [6.45, 7) is 8.82. The van der Waals surface area contributed by atoms with Crippen LogP contribution in [0.2, 0.25) is 0 Å². The summed E-state index contributed by atoms with van der Waals surface area (Å²) in [5, 5.41) is 8.82. The van der Waals surface area contributed by atoms with Crippen LogP contribution in [0.3, 0.4) is 0 Å². The molecular formula is C19H35NO4. The molecule has 0 spiro atoms. The Morgan fingerprint density at radius 3 is 2.08 bits per heavy atom. The van der Waals surface area contributed by atoms with E-state index in [1.165, 1.54) is 0 Å². The van der Waals surface area contributed by atoms with E-state index < -0.39 is 11.0 Å². The van der Waals surface area contributed by atoms with Crippen LogP contribution in [0.4, 0.5) is 0 Å². The highest BCUT2D eigenvalue weighted by molar-refractivity contribution is 5.78. The summed E-state index contributed by atoms with van der Waals surface area (Å²) in [5.74, 6) is -0.0228. The molecule has 0 bridgehead atoms. The van der Waals surface area contributed by atoms with E-state index in [1.54, 1.807) is 6.92 Å². The molecule has 1 heterocycles. The fourth-order valence-corrected chi connectivity index (χ4v) is 3.30. The van der Waals surface area contributed by atoms with Gasteiger partial charge in [-0.05, 0) is 46.5 Å². The minimum absolute atomic E-state index is 0.0804. The summed E-state index contributed by atoms with van der Waals surface area (Å²) < 4.78 is 5.70. The maximum absolute atomic E-state index is 12.8. The van der Waals surface area contributed by atoms with E-state index in [-0.39, 0.29) is 18.5 Å². The number of carbonyl (C=O) groups excluding carboxylic acids is 2. The molecule has 0 saturated carbocycles. The van der Waals surface area contributed by atoms with Crippen LogP contribution in [0.15, 0.2) is 0 Å². The van der Waals surface area contributed by atoms with Gasteiger partial charge in [-0.15, -0.1) is 0 Å². The molecule has 1 rings (SSSR count). The number of hydrogen-bond donors (Lipinski definition) is 1. The van der Waals surface area contributed by atoms with Crippen molar-refractivity contribution in [1.82, 2.24) is 4.90 Å². The lowest BCUT2D eigenvalue weighted by atomic mass is 9.74. The Morgan fingerprint density at radius 2 is 1.58 bits per heavy atom. The van der Waals surface area contributed by atoms with Gasteiger partial charge in [0, 0.05) is 26.6 Å². The van der Waals surface area contributed by atoms with Crippen molar-refractivity contribution in [3.05, 3.63) is 0 Å². The van der Waals surface area contributed by atoms with Gasteiger partial charge in [-0.25, -0.2) is 0 Å². The van der Waals surface area contributed by atoms with Gasteiger partial charge in [-0.1, -0.05) is 25.7 Å². The molecule has 0 aromatic rings.